The predicted octanol–water partition coefficient (Wildman–Crippen LogP) is 6.68. The van der Waals surface area contributed by atoms with Crippen molar-refractivity contribution in [3.63, 3.8) is 0 Å². The summed E-state index contributed by atoms with van der Waals surface area (Å²) in [6.45, 7) is 5.57. The van der Waals surface area contributed by atoms with Gasteiger partial charge in [0.25, 0.3) is 6.43 Å². The number of alkyl halides is 2. The monoisotopic (exact) mass is 481 g/mol. The summed E-state index contributed by atoms with van der Waals surface area (Å²) in [5, 5.41) is 13.9. The van der Waals surface area contributed by atoms with Gasteiger partial charge in [0.05, 0.1) is 7.11 Å². The molecular formula is C26H41F2N3O3. The van der Waals surface area contributed by atoms with Crippen LogP contribution in [-0.2, 0) is 18.3 Å². The first-order valence-electron chi connectivity index (χ1n) is 12.2. The van der Waals surface area contributed by atoms with Gasteiger partial charge < -0.3 is 9.94 Å². The number of aryl methyl sites for hydroxylation is 1. The molecule has 2 aromatic rings. The fraction of sp³-hybridized carbons (Fsp3) is 0.615. The lowest BCUT2D eigenvalue weighted by Gasteiger charge is -2.26. The highest BCUT2D eigenvalue weighted by Gasteiger charge is 2.21. The Balaban J connectivity index is 0.000000404. The van der Waals surface area contributed by atoms with Crippen LogP contribution in [0.25, 0.3) is 0 Å². The van der Waals surface area contributed by atoms with Gasteiger partial charge in [-0.1, -0.05) is 82.2 Å². The van der Waals surface area contributed by atoms with Crippen molar-refractivity contribution >= 4 is 5.97 Å². The Hall–Kier alpha value is -2.32. The minimum Gasteiger partial charge on any atom is -0.478 e. The SMILES string of the molecule is CCCCCCCCCCN(OC)C(C)Cc1ccccc1.Cn1cc(C(=O)O)c(C(F)F)n1. The lowest BCUT2D eigenvalue weighted by atomic mass is 10.1. The minimum atomic E-state index is -2.85. The molecule has 0 saturated carbocycles. The number of carboxylic acids is 1. The summed E-state index contributed by atoms with van der Waals surface area (Å²) < 4.78 is 25.2. The van der Waals surface area contributed by atoms with E-state index in [2.05, 4.69) is 54.3 Å². The summed E-state index contributed by atoms with van der Waals surface area (Å²) in [6.07, 6.45) is 10.1. The van der Waals surface area contributed by atoms with Crippen molar-refractivity contribution in [1.29, 1.82) is 0 Å². The number of rotatable bonds is 15. The second kappa shape index (κ2) is 17.2. The Kier molecular flexibility index (Phi) is 15.0. The largest absolute Gasteiger partial charge is 0.478 e. The number of hydroxylamine groups is 2. The number of hydrogen-bond acceptors (Lipinski definition) is 4. The molecule has 1 aromatic heterocycles. The molecule has 1 N–H and O–H groups in total. The topological polar surface area (TPSA) is 67.6 Å². The number of nitrogens with zero attached hydrogens (tertiary/aromatic N) is 3. The Labute approximate surface area is 202 Å². The van der Waals surface area contributed by atoms with Gasteiger partial charge >= 0.3 is 5.97 Å². The van der Waals surface area contributed by atoms with Crippen LogP contribution in [0.5, 0.6) is 0 Å². The highest BCUT2D eigenvalue weighted by atomic mass is 19.3. The van der Waals surface area contributed by atoms with E-state index >= 15 is 0 Å². The van der Waals surface area contributed by atoms with Crippen molar-refractivity contribution in [2.45, 2.75) is 84.1 Å². The van der Waals surface area contributed by atoms with E-state index in [1.165, 1.54) is 64.0 Å². The number of benzene rings is 1. The van der Waals surface area contributed by atoms with E-state index in [4.69, 9.17) is 9.94 Å². The van der Waals surface area contributed by atoms with E-state index in [0.29, 0.717) is 6.04 Å². The van der Waals surface area contributed by atoms with Crippen molar-refractivity contribution in [3.8, 4) is 0 Å². The highest BCUT2D eigenvalue weighted by molar-refractivity contribution is 5.88. The van der Waals surface area contributed by atoms with Gasteiger partial charge in [-0.05, 0) is 25.3 Å². The van der Waals surface area contributed by atoms with Crippen LogP contribution in [0.4, 0.5) is 8.78 Å². The predicted molar refractivity (Wildman–Crippen MR) is 131 cm³/mol. The number of unbranched alkanes of at least 4 members (excludes halogenated alkanes) is 7. The molecule has 1 aromatic carbocycles. The zero-order valence-corrected chi connectivity index (χ0v) is 21.1. The van der Waals surface area contributed by atoms with Gasteiger partial charge in [0.2, 0.25) is 0 Å². The van der Waals surface area contributed by atoms with Crippen LogP contribution in [0.2, 0.25) is 0 Å². The van der Waals surface area contributed by atoms with Crippen molar-refractivity contribution < 1.29 is 23.5 Å². The van der Waals surface area contributed by atoms with Gasteiger partial charge in [0, 0.05) is 25.8 Å². The van der Waals surface area contributed by atoms with Gasteiger partial charge in [0.15, 0.2) is 0 Å². The van der Waals surface area contributed by atoms with E-state index in [9.17, 15) is 13.6 Å². The maximum absolute atomic E-state index is 12.1. The maximum Gasteiger partial charge on any atom is 0.339 e. The second-order valence-corrected chi connectivity index (χ2v) is 8.54. The zero-order valence-electron chi connectivity index (χ0n) is 21.1. The quantitative estimate of drug-likeness (QED) is 0.227. The molecule has 0 aliphatic carbocycles. The summed E-state index contributed by atoms with van der Waals surface area (Å²) in [4.78, 5) is 15.9. The lowest BCUT2D eigenvalue weighted by molar-refractivity contribution is -0.157. The fourth-order valence-electron chi connectivity index (χ4n) is 3.78. The molecule has 0 aliphatic rings. The second-order valence-electron chi connectivity index (χ2n) is 8.54. The molecule has 34 heavy (non-hydrogen) atoms. The first kappa shape index (κ1) is 29.7. The van der Waals surface area contributed by atoms with Crippen molar-refractivity contribution in [2.24, 2.45) is 7.05 Å². The number of carbonyl (C=O) groups is 1. The van der Waals surface area contributed by atoms with E-state index in [0.717, 1.165) is 23.8 Å². The third-order valence-corrected chi connectivity index (χ3v) is 5.63. The summed E-state index contributed by atoms with van der Waals surface area (Å²) in [5.41, 5.74) is 0.241. The molecule has 2 rings (SSSR count). The number of halogens is 2. The molecule has 192 valence electrons. The highest BCUT2D eigenvalue weighted by Crippen LogP contribution is 2.20. The van der Waals surface area contributed by atoms with E-state index in [-0.39, 0.29) is 0 Å². The van der Waals surface area contributed by atoms with Crippen LogP contribution in [0.1, 0.15) is 93.3 Å². The summed E-state index contributed by atoms with van der Waals surface area (Å²) >= 11 is 0. The first-order valence-corrected chi connectivity index (χ1v) is 12.2. The summed E-state index contributed by atoms with van der Waals surface area (Å²) in [7, 11) is 3.19. The molecule has 0 bridgehead atoms. The Bertz CT molecular complexity index is 800. The average molecular weight is 482 g/mol. The van der Waals surface area contributed by atoms with Crippen LogP contribution < -0.4 is 0 Å². The smallest absolute Gasteiger partial charge is 0.339 e. The lowest BCUT2D eigenvalue weighted by Crippen LogP contribution is -2.34. The van der Waals surface area contributed by atoms with Gasteiger partial charge in [-0.2, -0.15) is 10.2 Å². The molecule has 0 radical (unpaired) electrons. The maximum atomic E-state index is 12.1. The number of hydrogen-bond donors (Lipinski definition) is 1. The first-order chi connectivity index (χ1) is 16.3. The molecule has 0 spiro atoms. The van der Waals surface area contributed by atoms with E-state index < -0.39 is 23.7 Å². The van der Waals surface area contributed by atoms with E-state index in [1.807, 2.05) is 0 Å². The normalized spacial score (nSPS) is 12.0. The summed E-state index contributed by atoms with van der Waals surface area (Å²) in [6, 6.07) is 11.1. The third-order valence-electron chi connectivity index (χ3n) is 5.63. The van der Waals surface area contributed by atoms with Crippen molar-refractivity contribution in [2.75, 3.05) is 13.7 Å². The molecule has 1 heterocycles. The van der Waals surface area contributed by atoms with Gasteiger partial charge in [-0.25, -0.2) is 13.6 Å². The zero-order chi connectivity index (χ0) is 25.3. The van der Waals surface area contributed by atoms with Crippen LogP contribution in [0.3, 0.4) is 0 Å². The molecular weight excluding hydrogens is 440 g/mol. The Morgan fingerprint density at radius 3 is 2.18 bits per heavy atom. The molecule has 0 aliphatic heterocycles. The number of aromatic nitrogens is 2. The van der Waals surface area contributed by atoms with Crippen LogP contribution in [-0.4, -0.2) is 45.6 Å². The summed E-state index contributed by atoms with van der Waals surface area (Å²) in [5.74, 6) is -1.39. The molecule has 1 atom stereocenters. The van der Waals surface area contributed by atoms with Gasteiger partial charge in [-0.3, -0.25) is 4.68 Å². The average Bonchev–Trinajstić information content (AvgIpc) is 3.22. The molecule has 0 fully saturated rings. The van der Waals surface area contributed by atoms with Crippen molar-refractivity contribution in [3.05, 3.63) is 53.3 Å². The van der Waals surface area contributed by atoms with Gasteiger partial charge in [0.1, 0.15) is 11.3 Å². The minimum absolute atomic E-state index is 0.428. The molecule has 0 saturated heterocycles. The number of carboxylic acid groups (broad SMARTS) is 1. The van der Waals surface area contributed by atoms with Crippen LogP contribution in [0.15, 0.2) is 36.5 Å². The van der Waals surface area contributed by atoms with Crippen LogP contribution in [0, 0.1) is 0 Å². The van der Waals surface area contributed by atoms with Crippen molar-refractivity contribution in [1.82, 2.24) is 14.8 Å². The Morgan fingerprint density at radius 1 is 1.09 bits per heavy atom. The molecule has 1 unspecified atom stereocenters. The molecule has 6 nitrogen and oxygen atoms in total. The third kappa shape index (κ3) is 11.7. The standard InChI is InChI=1S/C20H35NO.C6H6F2N2O2/c1-4-5-6-7-8-9-10-14-17-21(22-3)19(2)18-20-15-12-11-13-16-20;1-10-2-3(6(11)12)4(9-10)5(7)8/h11-13,15-16,19H,4-10,14,17-18H2,1-3H3;2,5H,1H3,(H,11,12). The van der Waals surface area contributed by atoms with Crippen LogP contribution >= 0.6 is 0 Å². The number of aromatic carboxylic acids is 1. The van der Waals surface area contributed by atoms with Gasteiger partial charge in [-0.15, -0.1) is 0 Å². The fourth-order valence-corrected chi connectivity index (χ4v) is 3.78. The Morgan fingerprint density at radius 2 is 1.68 bits per heavy atom. The molecule has 8 heteroatoms. The molecule has 0 amide bonds. The van der Waals surface area contributed by atoms with E-state index in [1.54, 1.807) is 7.11 Å².